The molecule has 1 fully saturated rings. The average molecular weight is 269 g/mol. The van der Waals surface area contributed by atoms with Crippen LogP contribution in [0, 0.1) is 5.41 Å². The smallest absolute Gasteiger partial charge is 0.138 e. The van der Waals surface area contributed by atoms with Crippen LogP contribution in [0.15, 0.2) is 29.3 Å². The lowest BCUT2D eigenvalue weighted by Gasteiger charge is -2.38. The van der Waals surface area contributed by atoms with Crippen molar-refractivity contribution in [2.75, 3.05) is 13.1 Å². The first kappa shape index (κ1) is 13.3. The van der Waals surface area contributed by atoms with Crippen molar-refractivity contribution in [1.82, 2.24) is 4.90 Å². The lowest BCUT2D eigenvalue weighted by molar-refractivity contribution is 0.494. The van der Waals surface area contributed by atoms with E-state index in [0.29, 0.717) is 5.84 Å². The van der Waals surface area contributed by atoms with Crippen LogP contribution in [-0.4, -0.2) is 29.7 Å². The van der Waals surface area contributed by atoms with Crippen LogP contribution in [0.4, 0.5) is 0 Å². The van der Waals surface area contributed by atoms with E-state index in [1.165, 1.54) is 24.0 Å². The number of likely N-dealkylation sites (tertiary alicyclic amines) is 1. The molecule has 106 valence electrons. The normalized spacial score (nSPS) is 20.8. The number of nitrogens with one attached hydrogen (secondary N) is 1. The van der Waals surface area contributed by atoms with Gasteiger partial charge in [-0.15, -0.1) is 0 Å². The summed E-state index contributed by atoms with van der Waals surface area (Å²) >= 11 is 0. The van der Waals surface area contributed by atoms with E-state index in [4.69, 9.17) is 10.4 Å². The van der Waals surface area contributed by atoms with Crippen molar-refractivity contribution in [2.45, 2.75) is 44.9 Å². The largest absolute Gasteiger partial charge is 0.356 e. The maximum Gasteiger partial charge on any atom is 0.138 e. The first-order valence-electron chi connectivity index (χ1n) is 7.75. The molecule has 20 heavy (non-hydrogen) atoms. The maximum atomic E-state index is 8.50. The maximum absolute atomic E-state index is 8.50. The Morgan fingerprint density at radius 3 is 2.45 bits per heavy atom. The van der Waals surface area contributed by atoms with Crippen LogP contribution in [0.2, 0.25) is 0 Å². The molecule has 3 nitrogen and oxygen atoms in total. The summed E-state index contributed by atoms with van der Waals surface area (Å²) in [6.07, 6.45) is 4.36. The zero-order valence-corrected chi connectivity index (χ0v) is 12.4. The van der Waals surface area contributed by atoms with Crippen LogP contribution in [0.1, 0.15) is 50.7 Å². The van der Waals surface area contributed by atoms with Gasteiger partial charge in [-0.25, -0.2) is 4.99 Å². The molecule has 0 aliphatic carbocycles. The van der Waals surface area contributed by atoms with Crippen LogP contribution < -0.4 is 0 Å². The molecule has 0 unspecified atom stereocenters. The van der Waals surface area contributed by atoms with Gasteiger partial charge in [0.2, 0.25) is 0 Å². The molecule has 1 aromatic carbocycles. The number of amidine groups is 2. The second kappa shape index (κ2) is 5.04. The number of benzene rings is 1. The minimum Gasteiger partial charge on any atom is -0.356 e. The Morgan fingerprint density at radius 2 is 1.80 bits per heavy atom. The minimum atomic E-state index is -0.195. The second-order valence-corrected chi connectivity index (χ2v) is 5.81. The molecule has 2 heterocycles. The SMILES string of the molecule is CCC1(CC)C(=N)N=C(N2CCCC2)c2ccccc21. The number of nitrogens with zero attached hydrogens (tertiary/aromatic N) is 2. The summed E-state index contributed by atoms with van der Waals surface area (Å²) in [5, 5.41) is 8.50. The predicted octanol–water partition coefficient (Wildman–Crippen LogP) is 3.58. The molecule has 3 rings (SSSR count). The van der Waals surface area contributed by atoms with E-state index in [1.54, 1.807) is 0 Å². The molecule has 0 aromatic heterocycles. The van der Waals surface area contributed by atoms with E-state index in [-0.39, 0.29) is 5.41 Å². The summed E-state index contributed by atoms with van der Waals surface area (Å²) in [6, 6.07) is 8.56. The van der Waals surface area contributed by atoms with Crippen molar-refractivity contribution >= 4 is 11.7 Å². The monoisotopic (exact) mass is 269 g/mol. The minimum absolute atomic E-state index is 0.195. The number of rotatable bonds is 2. The van der Waals surface area contributed by atoms with Crippen LogP contribution in [0.3, 0.4) is 0 Å². The highest BCUT2D eigenvalue weighted by Crippen LogP contribution is 2.39. The van der Waals surface area contributed by atoms with Gasteiger partial charge in [0.25, 0.3) is 0 Å². The Labute approximate surface area is 121 Å². The predicted molar refractivity (Wildman–Crippen MR) is 83.8 cm³/mol. The van der Waals surface area contributed by atoms with Gasteiger partial charge in [0.1, 0.15) is 11.7 Å². The molecule has 1 saturated heterocycles. The summed E-state index contributed by atoms with van der Waals surface area (Å²) in [6.45, 7) is 6.49. The van der Waals surface area contributed by atoms with E-state index in [2.05, 4.69) is 43.0 Å². The third-order valence-corrected chi connectivity index (χ3v) is 4.97. The Bertz CT molecular complexity index is 549. The fourth-order valence-electron chi connectivity index (χ4n) is 3.63. The number of aliphatic imine (C=N–C) groups is 1. The molecular weight excluding hydrogens is 246 g/mol. The van der Waals surface area contributed by atoms with Crippen molar-refractivity contribution < 1.29 is 0 Å². The third-order valence-electron chi connectivity index (χ3n) is 4.97. The molecule has 1 aromatic rings. The molecule has 0 amide bonds. The Kier molecular flexibility index (Phi) is 3.36. The van der Waals surface area contributed by atoms with Gasteiger partial charge >= 0.3 is 0 Å². The van der Waals surface area contributed by atoms with E-state index >= 15 is 0 Å². The van der Waals surface area contributed by atoms with Crippen LogP contribution >= 0.6 is 0 Å². The fourth-order valence-corrected chi connectivity index (χ4v) is 3.63. The van der Waals surface area contributed by atoms with Gasteiger partial charge in [0.05, 0.1) is 5.41 Å². The molecule has 0 radical (unpaired) electrons. The van der Waals surface area contributed by atoms with Crippen molar-refractivity contribution in [1.29, 1.82) is 5.41 Å². The van der Waals surface area contributed by atoms with Crippen molar-refractivity contribution in [3.8, 4) is 0 Å². The standard InChI is InChI=1S/C17H23N3/c1-3-17(4-2)14-10-6-5-9-13(14)15(19-16(17)18)20-11-7-8-12-20/h5-6,9-10,18H,3-4,7-8,11-12H2,1-2H3. The summed E-state index contributed by atoms with van der Waals surface area (Å²) in [7, 11) is 0. The van der Waals surface area contributed by atoms with Gasteiger partial charge in [-0.05, 0) is 31.2 Å². The van der Waals surface area contributed by atoms with E-state index < -0.39 is 0 Å². The Hall–Kier alpha value is -1.64. The zero-order chi connectivity index (χ0) is 14.2. The van der Waals surface area contributed by atoms with Gasteiger partial charge < -0.3 is 4.90 Å². The Morgan fingerprint density at radius 1 is 1.15 bits per heavy atom. The van der Waals surface area contributed by atoms with Crippen LogP contribution in [-0.2, 0) is 5.41 Å². The fraction of sp³-hybridized carbons (Fsp3) is 0.529. The molecule has 2 aliphatic rings. The van der Waals surface area contributed by atoms with E-state index in [9.17, 15) is 0 Å². The van der Waals surface area contributed by atoms with Gasteiger partial charge in [-0.2, -0.15) is 0 Å². The highest BCUT2D eigenvalue weighted by Gasteiger charge is 2.40. The molecular formula is C17H23N3. The quantitative estimate of drug-likeness (QED) is 0.875. The van der Waals surface area contributed by atoms with Crippen LogP contribution in [0.5, 0.6) is 0 Å². The second-order valence-electron chi connectivity index (χ2n) is 5.81. The summed E-state index contributed by atoms with van der Waals surface area (Å²) in [5.41, 5.74) is 2.35. The molecule has 0 spiro atoms. The van der Waals surface area contributed by atoms with Gasteiger partial charge in [0.15, 0.2) is 0 Å². The summed E-state index contributed by atoms with van der Waals surface area (Å²) in [5.74, 6) is 1.57. The first-order valence-corrected chi connectivity index (χ1v) is 7.75. The lowest BCUT2D eigenvalue weighted by atomic mass is 9.71. The van der Waals surface area contributed by atoms with Gasteiger partial charge in [-0.3, -0.25) is 5.41 Å². The highest BCUT2D eigenvalue weighted by molar-refractivity contribution is 6.13. The topological polar surface area (TPSA) is 39.5 Å². The lowest BCUT2D eigenvalue weighted by Crippen LogP contribution is -2.43. The number of hydrogen-bond acceptors (Lipinski definition) is 2. The van der Waals surface area contributed by atoms with Crippen molar-refractivity contribution in [3.63, 3.8) is 0 Å². The molecule has 1 N–H and O–H groups in total. The first-order chi connectivity index (χ1) is 9.73. The average Bonchev–Trinajstić information content (AvgIpc) is 3.01. The number of hydrogen-bond donors (Lipinski definition) is 1. The van der Waals surface area contributed by atoms with E-state index in [0.717, 1.165) is 31.8 Å². The molecule has 0 atom stereocenters. The number of fused-ring (bicyclic) bond motifs is 1. The molecule has 2 aliphatic heterocycles. The van der Waals surface area contributed by atoms with Crippen LogP contribution in [0.25, 0.3) is 0 Å². The van der Waals surface area contributed by atoms with Crippen molar-refractivity contribution in [3.05, 3.63) is 35.4 Å². The van der Waals surface area contributed by atoms with Gasteiger partial charge in [-0.1, -0.05) is 38.1 Å². The molecule has 3 heteroatoms. The van der Waals surface area contributed by atoms with Gasteiger partial charge in [0, 0.05) is 18.7 Å². The summed E-state index contributed by atoms with van der Waals surface area (Å²) < 4.78 is 0. The molecule has 0 saturated carbocycles. The van der Waals surface area contributed by atoms with E-state index in [1.807, 2.05) is 0 Å². The van der Waals surface area contributed by atoms with Crippen molar-refractivity contribution in [2.24, 2.45) is 4.99 Å². The summed E-state index contributed by atoms with van der Waals surface area (Å²) in [4.78, 5) is 7.08. The third kappa shape index (κ3) is 1.80. The molecule has 0 bridgehead atoms. The Balaban J connectivity index is 2.15. The highest BCUT2D eigenvalue weighted by atomic mass is 15.2. The zero-order valence-electron chi connectivity index (χ0n) is 12.4.